The second-order valence-corrected chi connectivity index (χ2v) is 4.11. The molecule has 0 saturated heterocycles. The van der Waals surface area contributed by atoms with Crippen LogP contribution in [0.5, 0.6) is 5.75 Å². The van der Waals surface area contributed by atoms with E-state index < -0.39 is 11.1 Å². The standard InChI is InChI=1S/C10H12O3S/c1-8-3-5-10(6-4-8)13-14(12)7-9(2)11/h3-6H,7H2,1-2H3. The number of carbonyl (C=O) groups excluding carboxylic acids is 1. The van der Waals surface area contributed by atoms with Gasteiger partial charge in [0.05, 0.1) is 0 Å². The molecule has 1 unspecified atom stereocenters. The Morgan fingerprint density at radius 1 is 1.36 bits per heavy atom. The first kappa shape index (κ1) is 10.9. The third-order valence-corrected chi connectivity index (χ3v) is 2.55. The zero-order valence-corrected chi connectivity index (χ0v) is 8.97. The first-order valence-corrected chi connectivity index (χ1v) is 5.45. The van der Waals surface area contributed by atoms with E-state index >= 15 is 0 Å². The van der Waals surface area contributed by atoms with Crippen molar-refractivity contribution in [2.24, 2.45) is 0 Å². The molecule has 0 spiro atoms. The molecule has 14 heavy (non-hydrogen) atoms. The maximum atomic E-state index is 11.2. The van der Waals surface area contributed by atoms with Gasteiger partial charge in [0.25, 0.3) is 0 Å². The average molecular weight is 212 g/mol. The van der Waals surface area contributed by atoms with E-state index in [0.29, 0.717) is 5.75 Å². The summed E-state index contributed by atoms with van der Waals surface area (Å²) in [6, 6.07) is 7.18. The quantitative estimate of drug-likeness (QED) is 0.761. The van der Waals surface area contributed by atoms with Crippen LogP contribution in [0.15, 0.2) is 24.3 Å². The van der Waals surface area contributed by atoms with Gasteiger partial charge in [-0.1, -0.05) is 17.7 Å². The molecule has 76 valence electrons. The molecule has 0 aliphatic carbocycles. The normalized spacial score (nSPS) is 12.1. The molecule has 0 radical (unpaired) electrons. The minimum absolute atomic E-state index is 0.0616. The summed E-state index contributed by atoms with van der Waals surface area (Å²) in [5.41, 5.74) is 1.11. The van der Waals surface area contributed by atoms with Gasteiger partial charge in [0.2, 0.25) is 11.1 Å². The fourth-order valence-corrected chi connectivity index (χ4v) is 1.61. The van der Waals surface area contributed by atoms with Gasteiger partial charge in [-0.15, -0.1) is 0 Å². The molecule has 0 saturated carbocycles. The number of rotatable bonds is 4. The fourth-order valence-electron chi connectivity index (χ4n) is 0.897. The number of aryl methyl sites for hydroxylation is 1. The topological polar surface area (TPSA) is 43.4 Å². The lowest BCUT2D eigenvalue weighted by Crippen LogP contribution is -2.11. The Hall–Kier alpha value is -1.16. The van der Waals surface area contributed by atoms with Crippen molar-refractivity contribution in [3.63, 3.8) is 0 Å². The maximum absolute atomic E-state index is 11.2. The number of hydrogen-bond donors (Lipinski definition) is 0. The lowest BCUT2D eigenvalue weighted by molar-refractivity contribution is -0.114. The number of ketones is 1. The first-order valence-electron chi connectivity index (χ1n) is 4.21. The van der Waals surface area contributed by atoms with Crippen LogP contribution >= 0.6 is 0 Å². The number of carbonyl (C=O) groups is 1. The van der Waals surface area contributed by atoms with Crippen LogP contribution in [0.2, 0.25) is 0 Å². The zero-order valence-electron chi connectivity index (χ0n) is 8.15. The lowest BCUT2D eigenvalue weighted by Gasteiger charge is -2.02. The van der Waals surface area contributed by atoms with Crippen LogP contribution in [0, 0.1) is 6.92 Å². The third-order valence-electron chi connectivity index (χ3n) is 1.53. The molecule has 0 heterocycles. The van der Waals surface area contributed by atoms with E-state index in [1.54, 1.807) is 12.1 Å². The Balaban J connectivity index is 2.56. The Bertz CT molecular complexity index is 343. The Labute approximate surface area is 85.7 Å². The zero-order chi connectivity index (χ0) is 10.6. The Morgan fingerprint density at radius 3 is 2.43 bits per heavy atom. The van der Waals surface area contributed by atoms with Crippen molar-refractivity contribution in [1.82, 2.24) is 0 Å². The van der Waals surface area contributed by atoms with Crippen LogP contribution < -0.4 is 4.18 Å². The van der Waals surface area contributed by atoms with Gasteiger partial charge < -0.3 is 4.18 Å². The highest BCUT2D eigenvalue weighted by atomic mass is 32.2. The highest BCUT2D eigenvalue weighted by Crippen LogP contribution is 2.12. The largest absolute Gasteiger partial charge is 0.400 e. The molecule has 0 aromatic heterocycles. The van der Waals surface area contributed by atoms with Crippen LogP contribution in [-0.4, -0.2) is 15.7 Å². The molecular weight excluding hydrogens is 200 g/mol. The predicted octanol–water partition coefficient (Wildman–Crippen LogP) is 1.63. The number of Topliss-reactive ketones (excluding diaryl/α,β-unsaturated/α-hetero) is 1. The number of hydrogen-bond acceptors (Lipinski definition) is 3. The molecule has 1 aromatic rings. The fraction of sp³-hybridized carbons (Fsp3) is 0.300. The van der Waals surface area contributed by atoms with Crippen molar-refractivity contribution < 1.29 is 13.2 Å². The van der Waals surface area contributed by atoms with Crippen LogP contribution in [-0.2, 0) is 15.9 Å². The van der Waals surface area contributed by atoms with Crippen molar-refractivity contribution in [3.8, 4) is 5.75 Å². The summed E-state index contributed by atoms with van der Waals surface area (Å²) in [6.07, 6.45) is 0. The van der Waals surface area contributed by atoms with Gasteiger partial charge in [0, 0.05) is 0 Å². The van der Waals surface area contributed by atoms with E-state index in [2.05, 4.69) is 0 Å². The van der Waals surface area contributed by atoms with Crippen LogP contribution in [0.1, 0.15) is 12.5 Å². The van der Waals surface area contributed by atoms with Crippen molar-refractivity contribution in [3.05, 3.63) is 29.8 Å². The summed E-state index contributed by atoms with van der Waals surface area (Å²) >= 11 is -1.56. The number of benzene rings is 1. The molecule has 1 aromatic carbocycles. The summed E-state index contributed by atoms with van der Waals surface area (Å²) in [6.45, 7) is 3.34. The van der Waals surface area contributed by atoms with Crippen LogP contribution in [0.25, 0.3) is 0 Å². The lowest BCUT2D eigenvalue weighted by atomic mass is 10.2. The summed E-state index contributed by atoms with van der Waals surface area (Å²) in [5, 5.41) is 0. The third kappa shape index (κ3) is 3.70. The second-order valence-electron chi connectivity index (χ2n) is 3.05. The molecule has 4 heteroatoms. The van der Waals surface area contributed by atoms with Crippen LogP contribution in [0.4, 0.5) is 0 Å². The van der Waals surface area contributed by atoms with Gasteiger partial charge in [-0.05, 0) is 26.0 Å². The van der Waals surface area contributed by atoms with Gasteiger partial charge in [0.1, 0.15) is 17.3 Å². The van der Waals surface area contributed by atoms with Gasteiger partial charge in [-0.25, -0.2) is 4.21 Å². The summed E-state index contributed by atoms with van der Waals surface area (Å²) in [5.74, 6) is 0.319. The second kappa shape index (κ2) is 4.91. The highest BCUT2D eigenvalue weighted by Gasteiger charge is 2.05. The monoisotopic (exact) mass is 212 g/mol. The van der Waals surface area contributed by atoms with Crippen LogP contribution in [0.3, 0.4) is 0 Å². The molecule has 0 fully saturated rings. The minimum atomic E-state index is -1.56. The maximum Gasteiger partial charge on any atom is 0.214 e. The van der Waals surface area contributed by atoms with Crippen molar-refractivity contribution in [2.75, 3.05) is 5.75 Å². The van der Waals surface area contributed by atoms with E-state index in [1.807, 2.05) is 19.1 Å². The summed E-state index contributed by atoms with van der Waals surface area (Å²) in [7, 11) is 0. The van der Waals surface area contributed by atoms with E-state index in [9.17, 15) is 9.00 Å². The van der Waals surface area contributed by atoms with Gasteiger partial charge in [-0.3, -0.25) is 4.79 Å². The Kier molecular flexibility index (Phi) is 3.83. The molecule has 0 amide bonds. The van der Waals surface area contributed by atoms with E-state index in [1.165, 1.54) is 6.92 Å². The molecule has 0 aliphatic heterocycles. The van der Waals surface area contributed by atoms with Crippen molar-refractivity contribution in [1.29, 1.82) is 0 Å². The van der Waals surface area contributed by atoms with E-state index in [4.69, 9.17) is 4.18 Å². The first-order chi connectivity index (χ1) is 6.58. The minimum Gasteiger partial charge on any atom is -0.400 e. The molecule has 1 atom stereocenters. The highest BCUT2D eigenvalue weighted by molar-refractivity contribution is 7.81. The molecule has 1 rings (SSSR count). The smallest absolute Gasteiger partial charge is 0.214 e. The summed E-state index contributed by atoms with van der Waals surface area (Å²) < 4.78 is 16.2. The van der Waals surface area contributed by atoms with Gasteiger partial charge >= 0.3 is 0 Å². The molecule has 0 N–H and O–H groups in total. The van der Waals surface area contributed by atoms with Gasteiger partial charge in [0.15, 0.2) is 0 Å². The summed E-state index contributed by atoms with van der Waals surface area (Å²) in [4.78, 5) is 10.6. The molecule has 0 bridgehead atoms. The van der Waals surface area contributed by atoms with E-state index in [-0.39, 0.29) is 11.5 Å². The van der Waals surface area contributed by atoms with Gasteiger partial charge in [-0.2, -0.15) is 0 Å². The van der Waals surface area contributed by atoms with E-state index in [0.717, 1.165) is 5.56 Å². The molecule has 0 aliphatic rings. The van der Waals surface area contributed by atoms with Crippen molar-refractivity contribution >= 4 is 16.9 Å². The molecular formula is C10H12O3S. The molecule has 3 nitrogen and oxygen atoms in total. The predicted molar refractivity (Wildman–Crippen MR) is 55.5 cm³/mol. The SMILES string of the molecule is CC(=O)CS(=O)Oc1ccc(C)cc1. The van der Waals surface area contributed by atoms with Crippen molar-refractivity contribution in [2.45, 2.75) is 13.8 Å². The average Bonchev–Trinajstić information content (AvgIpc) is 2.07. The Morgan fingerprint density at radius 2 is 1.93 bits per heavy atom.